The Balaban J connectivity index is 2.03. The molecule has 108 valence electrons. The molecule has 6 nitrogen and oxygen atoms in total. The van der Waals surface area contributed by atoms with Crippen molar-refractivity contribution in [1.82, 2.24) is 19.7 Å². The number of rotatable bonds is 2. The third-order valence-electron chi connectivity index (χ3n) is 3.64. The molecule has 1 aromatic carbocycles. The van der Waals surface area contributed by atoms with E-state index in [0.717, 1.165) is 16.7 Å². The summed E-state index contributed by atoms with van der Waals surface area (Å²) in [5.74, 6) is 0.749. The molecule has 3 heterocycles. The minimum absolute atomic E-state index is 0.157. The Labute approximate surface area is 125 Å². The predicted octanol–water partition coefficient (Wildman–Crippen LogP) is 2.22. The molecule has 1 N–H and O–H groups in total. The van der Waals surface area contributed by atoms with Crippen LogP contribution in [-0.4, -0.2) is 26.9 Å². The first-order chi connectivity index (χ1) is 10.8. The molecule has 4 rings (SSSR count). The van der Waals surface area contributed by atoms with Crippen LogP contribution in [0, 0.1) is 0 Å². The fourth-order valence-corrected chi connectivity index (χ4v) is 2.53. The average molecular weight is 292 g/mol. The predicted molar refractivity (Wildman–Crippen MR) is 82.7 cm³/mol. The number of benzene rings is 1. The van der Waals surface area contributed by atoms with Gasteiger partial charge in [0.1, 0.15) is 11.4 Å². The minimum atomic E-state index is -0.157. The van der Waals surface area contributed by atoms with E-state index in [1.54, 1.807) is 37.8 Å². The van der Waals surface area contributed by atoms with Gasteiger partial charge in [-0.05, 0) is 24.3 Å². The normalized spacial score (nSPS) is 11.1. The second kappa shape index (κ2) is 4.70. The van der Waals surface area contributed by atoms with E-state index in [1.165, 1.54) is 4.68 Å². The quantitative estimate of drug-likeness (QED) is 0.615. The fourth-order valence-electron chi connectivity index (χ4n) is 2.53. The summed E-state index contributed by atoms with van der Waals surface area (Å²) < 4.78 is 6.61. The van der Waals surface area contributed by atoms with Crippen molar-refractivity contribution in [1.29, 1.82) is 0 Å². The van der Waals surface area contributed by atoms with E-state index in [9.17, 15) is 4.79 Å². The van der Waals surface area contributed by atoms with E-state index >= 15 is 0 Å². The van der Waals surface area contributed by atoms with E-state index < -0.39 is 0 Å². The molecular formula is C16H12N4O2. The largest absolute Gasteiger partial charge is 0.497 e. The summed E-state index contributed by atoms with van der Waals surface area (Å²) in [5, 5.41) is 5.36. The Hall–Kier alpha value is -3.15. The van der Waals surface area contributed by atoms with Crippen LogP contribution in [0.1, 0.15) is 0 Å². The van der Waals surface area contributed by atoms with Gasteiger partial charge in [-0.15, -0.1) is 0 Å². The Bertz CT molecular complexity index is 988. The number of H-pyrrole nitrogens is 1. The highest BCUT2D eigenvalue weighted by Crippen LogP contribution is 2.28. The zero-order valence-corrected chi connectivity index (χ0v) is 11.8. The fraction of sp³-hybridized carbons (Fsp3) is 0.0625. The number of aromatic amines is 1. The molecule has 2 aromatic rings. The van der Waals surface area contributed by atoms with E-state index in [1.807, 2.05) is 18.2 Å². The molecule has 2 aliphatic rings. The number of nitrogens with one attached hydrogen (secondary N) is 1. The number of methoxy groups -OCH3 is 1. The van der Waals surface area contributed by atoms with Gasteiger partial charge in [0.2, 0.25) is 0 Å². The molecule has 2 aliphatic heterocycles. The molecule has 0 amide bonds. The summed E-state index contributed by atoms with van der Waals surface area (Å²) in [5.41, 5.74) is 2.62. The third kappa shape index (κ3) is 1.77. The molecule has 0 aliphatic carbocycles. The van der Waals surface area contributed by atoms with Crippen LogP contribution in [0.5, 0.6) is 5.75 Å². The Kier molecular flexibility index (Phi) is 2.69. The maximum Gasteiger partial charge on any atom is 0.282 e. The van der Waals surface area contributed by atoms with Gasteiger partial charge in [0.05, 0.1) is 23.9 Å². The molecule has 0 spiro atoms. The topological polar surface area (TPSA) is 72.8 Å². The Morgan fingerprint density at radius 1 is 1.18 bits per heavy atom. The standard InChI is InChI=1S/C16H12N4O2/c1-22-11-2-3-12-14(8-11)18-9-13-15(12)19-20(16(13)21)10-4-6-17-7-5-10/h2-9,18H,1H3. The van der Waals surface area contributed by atoms with Crippen LogP contribution in [0.4, 0.5) is 0 Å². The summed E-state index contributed by atoms with van der Waals surface area (Å²) in [6, 6.07) is 9.14. The van der Waals surface area contributed by atoms with Crippen LogP contribution < -0.4 is 10.3 Å². The molecular weight excluding hydrogens is 280 g/mol. The van der Waals surface area contributed by atoms with Crippen molar-refractivity contribution in [2.24, 2.45) is 0 Å². The van der Waals surface area contributed by atoms with Crippen LogP contribution in [0.2, 0.25) is 0 Å². The van der Waals surface area contributed by atoms with Crippen LogP contribution in [0.25, 0.3) is 27.8 Å². The van der Waals surface area contributed by atoms with Crippen molar-refractivity contribution >= 4 is 10.9 Å². The average Bonchev–Trinajstić information content (AvgIpc) is 2.92. The summed E-state index contributed by atoms with van der Waals surface area (Å²) in [7, 11) is 1.62. The lowest BCUT2D eigenvalue weighted by molar-refractivity contribution is 0.415. The first kappa shape index (κ1) is 12.6. The first-order valence-electron chi connectivity index (χ1n) is 6.76. The third-order valence-corrected chi connectivity index (χ3v) is 3.64. The van der Waals surface area contributed by atoms with Gasteiger partial charge in [-0.1, -0.05) is 0 Å². The van der Waals surface area contributed by atoms with Crippen molar-refractivity contribution in [3.63, 3.8) is 0 Å². The maximum atomic E-state index is 12.5. The van der Waals surface area contributed by atoms with Gasteiger partial charge in [-0.3, -0.25) is 9.78 Å². The van der Waals surface area contributed by atoms with Gasteiger partial charge in [0.25, 0.3) is 5.56 Å². The lowest BCUT2D eigenvalue weighted by Crippen LogP contribution is -2.14. The first-order valence-corrected chi connectivity index (χ1v) is 6.76. The zero-order valence-electron chi connectivity index (χ0n) is 11.8. The van der Waals surface area contributed by atoms with Gasteiger partial charge < -0.3 is 9.72 Å². The van der Waals surface area contributed by atoms with Crippen LogP contribution in [0.3, 0.4) is 0 Å². The highest BCUT2D eigenvalue weighted by atomic mass is 16.5. The van der Waals surface area contributed by atoms with Crippen LogP contribution in [0.15, 0.2) is 53.7 Å². The van der Waals surface area contributed by atoms with Crippen molar-refractivity contribution in [2.45, 2.75) is 0 Å². The van der Waals surface area contributed by atoms with Crippen LogP contribution >= 0.6 is 0 Å². The number of aromatic nitrogens is 4. The van der Waals surface area contributed by atoms with Gasteiger partial charge in [0, 0.05) is 30.0 Å². The number of hydrogen-bond acceptors (Lipinski definition) is 4. The second-order valence-electron chi connectivity index (χ2n) is 4.88. The van der Waals surface area contributed by atoms with Crippen molar-refractivity contribution in [2.75, 3.05) is 7.11 Å². The molecule has 0 atom stereocenters. The minimum Gasteiger partial charge on any atom is -0.497 e. The highest BCUT2D eigenvalue weighted by molar-refractivity contribution is 5.93. The number of pyridine rings is 2. The molecule has 0 radical (unpaired) electrons. The second-order valence-corrected chi connectivity index (χ2v) is 4.88. The summed E-state index contributed by atoms with van der Waals surface area (Å²) >= 11 is 0. The van der Waals surface area contributed by atoms with Gasteiger partial charge >= 0.3 is 0 Å². The SMILES string of the molecule is COc1ccc2c3nn(-c4ccncc4)c(=O)c-3c[nH]c2c1. The van der Waals surface area contributed by atoms with E-state index in [2.05, 4.69) is 15.1 Å². The zero-order chi connectivity index (χ0) is 15.1. The molecule has 0 saturated heterocycles. The van der Waals surface area contributed by atoms with Gasteiger partial charge in [-0.2, -0.15) is 9.78 Å². The maximum absolute atomic E-state index is 12.5. The van der Waals surface area contributed by atoms with Gasteiger partial charge in [-0.25, -0.2) is 0 Å². The van der Waals surface area contributed by atoms with E-state index in [4.69, 9.17) is 4.74 Å². The molecule has 1 aromatic heterocycles. The van der Waals surface area contributed by atoms with Crippen LogP contribution in [-0.2, 0) is 0 Å². The lowest BCUT2D eigenvalue weighted by atomic mass is 10.1. The van der Waals surface area contributed by atoms with Crippen molar-refractivity contribution in [3.05, 3.63) is 59.3 Å². The monoisotopic (exact) mass is 292 g/mol. The number of ether oxygens (including phenoxy) is 1. The molecule has 0 saturated carbocycles. The summed E-state index contributed by atoms with van der Waals surface area (Å²) in [6.45, 7) is 0. The smallest absolute Gasteiger partial charge is 0.282 e. The highest BCUT2D eigenvalue weighted by Gasteiger charge is 2.18. The molecule has 22 heavy (non-hydrogen) atoms. The van der Waals surface area contributed by atoms with Gasteiger partial charge in [0.15, 0.2) is 0 Å². The summed E-state index contributed by atoms with van der Waals surface area (Å²) in [6.07, 6.45) is 4.95. The Morgan fingerprint density at radius 3 is 2.77 bits per heavy atom. The number of nitrogens with zero attached hydrogens (tertiary/aromatic N) is 3. The molecule has 6 heteroatoms. The molecule has 0 unspecified atom stereocenters. The number of fused-ring (bicyclic) bond motifs is 3. The Morgan fingerprint density at radius 2 is 2.00 bits per heavy atom. The molecule has 0 fully saturated rings. The lowest BCUT2D eigenvalue weighted by Gasteiger charge is -2.05. The number of hydrogen-bond donors (Lipinski definition) is 1. The molecule has 0 bridgehead atoms. The van der Waals surface area contributed by atoms with Crippen molar-refractivity contribution in [3.8, 4) is 22.7 Å². The van der Waals surface area contributed by atoms with Crippen molar-refractivity contribution < 1.29 is 4.74 Å². The van der Waals surface area contributed by atoms with E-state index in [-0.39, 0.29) is 5.56 Å². The van der Waals surface area contributed by atoms with E-state index in [0.29, 0.717) is 16.9 Å². The summed E-state index contributed by atoms with van der Waals surface area (Å²) in [4.78, 5) is 19.6.